The van der Waals surface area contributed by atoms with Crippen LogP contribution in [0.4, 0.5) is 4.39 Å². The summed E-state index contributed by atoms with van der Waals surface area (Å²) in [5.41, 5.74) is 0.400. The molecular formula is C15H23FN2O. The van der Waals surface area contributed by atoms with E-state index in [1.54, 1.807) is 18.2 Å². The number of β-amino-alcohol motifs (C(OH)–C–C–N with tert-alkyl or cyclic N) is 1. The number of hydrogen-bond donors (Lipinski definition) is 1. The first-order valence-corrected chi connectivity index (χ1v) is 6.89. The molecule has 2 rings (SSSR count). The van der Waals surface area contributed by atoms with Crippen LogP contribution in [0.5, 0.6) is 0 Å². The van der Waals surface area contributed by atoms with Gasteiger partial charge in [0.1, 0.15) is 5.82 Å². The lowest BCUT2D eigenvalue weighted by atomic mass is 10.0. The Morgan fingerprint density at radius 1 is 1.32 bits per heavy atom. The number of benzene rings is 1. The van der Waals surface area contributed by atoms with Crippen molar-refractivity contribution in [3.63, 3.8) is 0 Å². The van der Waals surface area contributed by atoms with Gasteiger partial charge in [0.15, 0.2) is 0 Å². The Labute approximate surface area is 114 Å². The summed E-state index contributed by atoms with van der Waals surface area (Å²) in [5, 5.41) is 10.1. The van der Waals surface area contributed by atoms with Gasteiger partial charge in [-0.2, -0.15) is 0 Å². The highest BCUT2D eigenvalue weighted by atomic mass is 19.1. The molecule has 0 aromatic heterocycles. The Hall–Kier alpha value is -0.970. The Bertz CT molecular complexity index is 403. The van der Waals surface area contributed by atoms with Crippen molar-refractivity contribution in [2.75, 3.05) is 33.7 Å². The molecule has 1 aromatic rings. The van der Waals surface area contributed by atoms with Gasteiger partial charge in [0, 0.05) is 18.2 Å². The maximum Gasteiger partial charge on any atom is 0.129 e. The molecule has 0 amide bonds. The summed E-state index contributed by atoms with van der Waals surface area (Å²) in [5.74, 6) is -0.321. The average molecular weight is 266 g/mol. The van der Waals surface area contributed by atoms with E-state index in [0.29, 0.717) is 18.2 Å². The SMILES string of the molecule is CN(C)C1CCN(C[C@@H](O)c2ccccc2F)CC1. The zero-order valence-electron chi connectivity index (χ0n) is 11.7. The van der Waals surface area contributed by atoms with E-state index in [1.807, 2.05) is 0 Å². The van der Waals surface area contributed by atoms with Crippen molar-refractivity contribution in [3.8, 4) is 0 Å². The average Bonchev–Trinajstić information content (AvgIpc) is 2.39. The number of likely N-dealkylation sites (tertiary alicyclic amines) is 1. The summed E-state index contributed by atoms with van der Waals surface area (Å²) in [7, 11) is 4.21. The summed E-state index contributed by atoms with van der Waals surface area (Å²) in [6, 6.07) is 7.10. The topological polar surface area (TPSA) is 26.7 Å². The van der Waals surface area contributed by atoms with Crippen LogP contribution in [0.15, 0.2) is 24.3 Å². The third-order valence-electron chi connectivity index (χ3n) is 3.98. The summed E-state index contributed by atoms with van der Waals surface area (Å²) >= 11 is 0. The van der Waals surface area contributed by atoms with Crippen LogP contribution in [0.1, 0.15) is 24.5 Å². The Kier molecular flexibility index (Phi) is 4.91. The fourth-order valence-electron chi connectivity index (χ4n) is 2.71. The molecule has 0 bridgehead atoms. The first-order chi connectivity index (χ1) is 9.08. The molecular weight excluding hydrogens is 243 g/mol. The van der Waals surface area contributed by atoms with Gasteiger partial charge in [-0.3, -0.25) is 0 Å². The van der Waals surface area contributed by atoms with Crippen LogP contribution in [-0.4, -0.2) is 54.7 Å². The molecule has 1 heterocycles. The van der Waals surface area contributed by atoms with Crippen LogP contribution >= 0.6 is 0 Å². The maximum atomic E-state index is 13.6. The van der Waals surface area contributed by atoms with Gasteiger partial charge in [-0.1, -0.05) is 18.2 Å². The number of hydrogen-bond acceptors (Lipinski definition) is 3. The van der Waals surface area contributed by atoms with Crippen LogP contribution in [0, 0.1) is 5.82 Å². The van der Waals surface area contributed by atoms with Gasteiger partial charge < -0.3 is 14.9 Å². The van der Waals surface area contributed by atoms with Crippen molar-refractivity contribution >= 4 is 0 Å². The molecule has 1 atom stereocenters. The second kappa shape index (κ2) is 6.46. The standard InChI is InChI=1S/C15H23FN2O/c1-17(2)12-7-9-18(10-8-12)11-15(19)13-5-3-4-6-14(13)16/h3-6,12,15,19H,7-11H2,1-2H3/t15-/m1/s1. The first-order valence-electron chi connectivity index (χ1n) is 6.89. The van der Waals surface area contributed by atoms with Crippen LogP contribution < -0.4 is 0 Å². The van der Waals surface area contributed by atoms with Crippen molar-refractivity contribution in [1.29, 1.82) is 0 Å². The number of piperidine rings is 1. The van der Waals surface area contributed by atoms with Gasteiger partial charge in [0.05, 0.1) is 6.10 Å². The summed E-state index contributed by atoms with van der Waals surface area (Å²) in [6.45, 7) is 2.45. The summed E-state index contributed by atoms with van der Waals surface area (Å²) in [6.07, 6.45) is 1.48. The third-order valence-corrected chi connectivity index (χ3v) is 3.98. The zero-order chi connectivity index (χ0) is 13.8. The highest BCUT2D eigenvalue weighted by Crippen LogP contribution is 2.20. The van der Waals surface area contributed by atoms with E-state index in [0.717, 1.165) is 25.9 Å². The van der Waals surface area contributed by atoms with E-state index < -0.39 is 6.10 Å². The minimum atomic E-state index is -0.739. The van der Waals surface area contributed by atoms with Crippen molar-refractivity contribution in [2.45, 2.75) is 25.0 Å². The molecule has 1 aliphatic heterocycles. The van der Waals surface area contributed by atoms with Gasteiger partial charge in [-0.15, -0.1) is 0 Å². The van der Waals surface area contributed by atoms with Gasteiger partial charge in [-0.25, -0.2) is 4.39 Å². The maximum absolute atomic E-state index is 13.6. The van der Waals surface area contributed by atoms with Gasteiger partial charge in [-0.05, 0) is 46.1 Å². The van der Waals surface area contributed by atoms with Crippen molar-refractivity contribution < 1.29 is 9.50 Å². The smallest absolute Gasteiger partial charge is 0.129 e. The van der Waals surface area contributed by atoms with Crippen LogP contribution in [0.3, 0.4) is 0 Å². The fourth-order valence-corrected chi connectivity index (χ4v) is 2.71. The van der Waals surface area contributed by atoms with Crippen molar-refractivity contribution in [3.05, 3.63) is 35.6 Å². The fraction of sp³-hybridized carbons (Fsp3) is 0.600. The lowest BCUT2D eigenvalue weighted by molar-refractivity contribution is 0.0780. The van der Waals surface area contributed by atoms with Gasteiger partial charge in [0.2, 0.25) is 0 Å². The molecule has 106 valence electrons. The quantitative estimate of drug-likeness (QED) is 0.901. The predicted octanol–water partition coefficient (Wildman–Crippen LogP) is 1.89. The lowest BCUT2D eigenvalue weighted by Gasteiger charge is -2.36. The molecule has 1 aromatic carbocycles. The molecule has 0 saturated carbocycles. The molecule has 19 heavy (non-hydrogen) atoms. The van der Waals surface area contributed by atoms with E-state index in [4.69, 9.17) is 0 Å². The van der Waals surface area contributed by atoms with Crippen molar-refractivity contribution in [1.82, 2.24) is 9.80 Å². The highest BCUT2D eigenvalue weighted by Gasteiger charge is 2.23. The van der Waals surface area contributed by atoms with E-state index in [1.165, 1.54) is 6.07 Å². The molecule has 0 unspecified atom stereocenters. The van der Waals surface area contributed by atoms with Gasteiger partial charge >= 0.3 is 0 Å². The normalized spacial score (nSPS) is 19.8. The van der Waals surface area contributed by atoms with Crippen LogP contribution in [0.25, 0.3) is 0 Å². The number of nitrogens with zero attached hydrogens (tertiary/aromatic N) is 2. The number of aliphatic hydroxyl groups is 1. The lowest BCUT2D eigenvalue weighted by Crippen LogP contribution is -2.43. The zero-order valence-corrected chi connectivity index (χ0v) is 11.7. The molecule has 1 fully saturated rings. The molecule has 1 N–H and O–H groups in total. The molecule has 0 spiro atoms. The predicted molar refractivity (Wildman–Crippen MR) is 74.5 cm³/mol. The molecule has 3 nitrogen and oxygen atoms in total. The summed E-state index contributed by atoms with van der Waals surface area (Å²) in [4.78, 5) is 4.47. The summed E-state index contributed by atoms with van der Waals surface area (Å²) < 4.78 is 13.6. The van der Waals surface area contributed by atoms with E-state index in [2.05, 4.69) is 23.9 Å². The molecule has 1 aliphatic rings. The minimum Gasteiger partial charge on any atom is -0.387 e. The number of halogens is 1. The number of rotatable bonds is 4. The molecule has 4 heteroatoms. The second-order valence-electron chi connectivity index (χ2n) is 5.53. The number of aliphatic hydroxyl groups excluding tert-OH is 1. The van der Waals surface area contributed by atoms with E-state index >= 15 is 0 Å². The first kappa shape index (κ1) is 14.4. The Morgan fingerprint density at radius 3 is 2.53 bits per heavy atom. The Morgan fingerprint density at radius 2 is 1.95 bits per heavy atom. The monoisotopic (exact) mass is 266 g/mol. The third kappa shape index (κ3) is 3.75. The highest BCUT2D eigenvalue weighted by molar-refractivity contribution is 5.20. The molecule has 1 saturated heterocycles. The van der Waals surface area contributed by atoms with Gasteiger partial charge in [0.25, 0.3) is 0 Å². The Balaban J connectivity index is 1.87. The van der Waals surface area contributed by atoms with Crippen molar-refractivity contribution in [2.24, 2.45) is 0 Å². The van der Waals surface area contributed by atoms with E-state index in [-0.39, 0.29) is 5.82 Å². The minimum absolute atomic E-state index is 0.321. The molecule has 0 aliphatic carbocycles. The largest absolute Gasteiger partial charge is 0.387 e. The van der Waals surface area contributed by atoms with Crippen LogP contribution in [-0.2, 0) is 0 Å². The second-order valence-corrected chi connectivity index (χ2v) is 5.53. The van der Waals surface area contributed by atoms with E-state index in [9.17, 15) is 9.50 Å². The van der Waals surface area contributed by atoms with Crippen LogP contribution in [0.2, 0.25) is 0 Å². The molecule has 0 radical (unpaired) electrons.